The number of aliphatic hydroxyl groups excluding tert-OH is 1. The summed E-state index contributed by atoms with van der Waals surface area (Å²) in [7, 11) is 0. The first-order valence-corrected chi connectivity index (χ1v) is 9.12. The van der Waals surface area contributed by atoms with Crippen LogP contribution < -0.4 is 0 Å². The van der Waals surface area contributed by atoms with E-state index >= 15 is 0 Å². The number of aliphatic hydroxyl groups is 1. The molecule has 1 aliphatic rings. The van der Waals surface area contributed by atoms with E-state index < -0.39 is 17.5 Å². The van der Waals surface area contributed by atoms with E-state index in [2.05, 4.69) is 4.98 Å². The Balaban J connectivity index is 1.90. The van der Waals surface area contributed by atoms with Crippen molar-refractivity contribution in [2.75, 3.05) is 13.1 Å². The molecule has 1 aromatic heterocycles. The standard InChI is InChI=1S/C20H26N2O4/c1-13(2)6-9-20(19(25)26)12-22(11-8-16(20)23)18(24)15-5-3-4-14-7-10-21-17(14)15/h3-5,7,10,13,16,21,23H,6,8-9,11-12H2,1-2H3,(H,25,26)/t16-,20-/m1/s1. The summed E-state index contributed by atoms with van der Waals surface area (Å²) >= 11 is 0. The van der Waals surface area contributed by atoms with E-state index in [-0.39, 0.29) is 18.9 Å². The lowest BCUT2D eigenvalue weighted by Gasteiger charge is -2.43. The van der Waals surface area contributed by atoms with Gasteiger partial charge in [0.15, 0.2) is 0 Å². The van der Waals surface area contributed by atoms with Crippen molar-refractivity contribution in [2.24, 2.45) is 11.3 Å². The molecule has 3 rings (SSSR count). The van der Waals surface area contributed by atoms with Crippen LogP contribution in [0.3, 0.4) is 0 Å². The number of hydrogen-bond donors (Lipinski definition) is 3. The van der Waals surface area contributed by atoms with Crippen LogP contribution in [-0.2, 0) is 4.79 Å². The number of rotatable bonds is 5. The molecule has 2 aromatic rings. The second-order valence-corrected chi connectivity index (χ2v) is 7.67. The quantitative estimate of drug-likeness (QED) is 0.766. The number of fused-ring (bicyclic) bond motifs is 1. The molecule has 0 aliphatic carbocycles. The molecular weight excluding hydrogens is 332 g/mol. The number of aromatic amines is 1. The fraction of sp³-hybridized carbons (Fsp3) is 0.500. The minimum Gasteiger partial charge on any atom is -0.481 e. The van der Waals surface area contributed by atoms with Gasteiger partial charge in [-0.15, -0.1) is 0 Å². The van der Waals surface area contributed by atoms with Crippen LogP contribution in [-0.4, -0.2) is 51.2 Å². The minimum atomic E-state index is -1.30. The summed E-state index contributed by atoms with van der Waals surface area (Å²) in [5.41, 5.74) is -0.0132. The molecular formula is C20H26N2O4. The lowest BCUT2D eigenvalue weighted by atomic mass is 9.72. The summed E-state index contributed by atoms with van der Waals surface area (Å²) < 4.78 is 0. The highest BCUT2D eigenvalue weighted by Gasteiger charge is 2.49. The molecule has 26 heavy (non-hydrogen) atoms. The molecule has 0 bridgehead atoms. The molecule has 0 unspecified atom stereocenters. The summed E-state index contributed by atoms with van der Waals surface area (Å²) in [6.07, 6.45) is 2.17. The van der Waals surface area contributed by atoms with E-state index in [1.165, 1.54) is 0 Å². The predicted octanol–water partition coefficient (Wildman–Crippen LogP) is 2.88. The van der Waals surface area contributed by atoms with Gasteiger partial charge in [-0.05, 0) is 37.3 Å². The molecule has 1 aliphatic heterocycles. The van der Waals surface area contributed by atoms with Crippen molar-refractivity contribution in [3.05, 3.63) is 36.0 Å². The Morgan fingerprint density at radius 1 is 1.35 bits per heavy atom. The number of likely N-dealkylation sites (tertiary alicyclic amines) is 1. The van der Waals surface area contributed by atoms with Crippen molar-refractivity contribution >= 4 is 22.8 Å². The Kier molecular flexibility index (Phi) is 5.05. The number of carboxylic acids is 1. The van der Waals surface area contributed by atoms with Crippen LogP contribution >= 0.6 is 0 Å². The highest BCUT2D eigenvalue weighted by atomic mass is 16.4. The number of benzene rings is 1. The van der Waals surface area contributed by atoms with Crippen LogP contribution in [0.15, 0.2) is 30.5 Å². The van der Waals surface area contributed by atoms with E-state index in [0.717, 1.165) is 10.9 Å². The van der Waals surface area contributed by atoms with Gasteiger partial charge < -0.3 is 20.1 Å². The van der Waals surface area contributed by atoms with E-state index in [1.54, 1.807) is 17.2 Å². The van der Waals surface area contributed by atoms with Gasteiger partial charge in [0.05, 0.1) is 17.2 Å². The largest absolute Gasteiger partial charge is 0.481 e. The summed E-state index contributed by atoms with van der Waals surface area (Å²) in [5.74, 6) is -0.890. The number of nitrogens with one attached hydrogen (secondary N) is 1. The third-order valence-corrected chi connectivity index (χ3v) is 5.48. The van der Waals surface area contributed by atoms with Gasteiger partial charge in [0.2, 0.25) is 0 Å². The zero-order valence-electron chi connectivity index (χ0n) is 15.2. The number of H-pyrrole nitrogens is 1. The maximum absolute atomic E-state index is 13.1. The summed E-state index contributed by atoms with van der Waals surface area (Å²) in [6.45, 7) is 4.44. The normalized spacial score (nSPS) is 23.5. The van der Waals surface area contributed by atoms with Crippen LogP contribution in [0.5, 0.6) is 0 Å². The van der Waals surface area contributed by atoms with Gasteiger partial charge in [-0.25, -0.2) is 0 Å². The Bertz CT molecular complexity index is 813. The lowest BCUT2D eigenvalue weighted by molar-refractivity contribution is -0.163. The molecule has 0 spiro atoms. The fourth-order valence-electron chi connectivity index (χ4n) is 3.80. The van der Waals surface area contributed by atoms with Gasteiger partial charge in [-0.1, -0.05) is 26.0 Å². The minimum absolute atomic E-state index is 0.0339. The van der Waals surface area contributed by atoms with Crippen molar-refractivity contribution in [3.8, 4) is 0 Å². The number of carbonyl (C=O) groups is 2. The van der Waals surface area contributed by atoms with E-state index in [0.29, 0.717) is 30.9 Å². The van der Waals surface area contributed by atoms with Crippen LogP contribution in [0.25, 0.3) is 10.9 Å². The Morgan fingerprint density at radius 3 is 2.81 bits per heavy atom. The molecule has 6 nitrogen and oxygen atoms in total. The number of carbonyl (C=O) groups excluding carboxylic acids is 1. The molecule has 6 heteroatoms. The van der Waals surface area contributed by atoms with Crippen molar-refractivity contribution in [1.29, 1.82) is 0 Å². The summed E-state index contributed by atoms with van der Waals surface area (Å²) in [6, 6.07) is 7.40. The highest BCUT2D eigenvalue weighted by molar-refractivity contribution is 6.05. The molecule has 1 fully saturated rings. The zero-order valence-corrected chi connectivity index (χ0v) is 15.2. The van der Waals surface area contributed by atoms with Crippen molar-refractivity contribution < 1.29 is 19.8 Å². The smallest absolute Gasteiger partial charge is 0.314 e. The number of carboxylic acid groups (broad SMARTS) is 1. The van der Waals surface area contributed by atoms with Gasteiger partial charge in [0.25, 0.3) is 5.91 Å². The Labute approximate surface area is 152 Å². The zero-order chi connectivity index (χ0) is 18.9. The van der Waals surface area contributed by atoms with Crippen LogP contribution in [0, 0.1) is 11.3 Å². The van der Waals surface area contributed by atoms with Crippen molar-refractivity contribution in [1.82, 2.24) is 9.88 Å². The molecule has 1 aromatic carbocycles. The van der Waals surface area contributed by atoms with Gasteiger partial charge in [-0.2, -0.15) is 0 Å². The molecule has 1 amide bonds. The topological polar surface area (TPSA) is 93.6 Å². The molecule has 0 radical (unpaired) electrons. The Morgan fingerprint density at radius 2 is 2.12 bits per heavy atom. The third kappa shape index (κ3) is 3.21. The van der Waals surface area contributed by atoms with Gasteiger partial charge >= 0.3 is 5.97 Å². The monoisotopic (exact) mass is 358 g/mol. The maximum Gasteiger partial charge on any atom is 0.314 e. The van der Waals surface area contributed by atoms with E-state index in [1.807, 2.05) is 32.0 Å². The first-order chi connectivity index (χ1) is 12.3. The number of piperidine rings is 1. The van der Waals surface area contributed by atoms with Gasteiger partial charge in [0, 0.05) is 24.7 Å². The molecule has 2 heterocycles. The molecule has 1 saturated heterocycles. The number of aromatic nitrogens is 1. The van der Waals surface area contributed by atoms with Gasteiger partial charge in [0.1, 0.15) is 5.41 Å². The van der Waals surface area contributed by atoms with Crippen molar-refractivity contribution in [2.45, 2.75) is 39.2 Å². The van der Waals surface area contributed by atoms with Crippen LogP contribution in [0.2, 0.25) is 0 Å². The highest BCUT2D eigenvalue weighted by Crippen LogP contribution is 2.37. The first kappa shape index (κ1) is 18.5. The van der Waals surface area contributed by atoms with Crippen LogP contribution in [0.4, 0.5) is 0 Å². The lowest BCUT2D eigenvalue weighted by Crippen LogP contribution is -2.57. The number of hydrogen-bond acceptors (Lipinski definition) is 3. The predicted molar refractivity (Wildman–Crippen MR) is 99.0 cm³/mol. The van der Waals surface area contributed by atoms with Crippen LogP contribution in [0.1, 0.15) is 43.5 Å². The van der Waals surface area contributed by atoms with E-state index in [4.69, 9.17) is 0 Å². The average molecular weight is 358 g/mol. The average Bonchev–Trinajstić information content (AvgIpc) is 3.09. The number of nitrogens with zero attached hydrogens (tertiary/aromatic N) is 1. The Hall–Kier alpha value is -2.34. The number of amides is 1. The van der Waals surface area contributed by atoms with Gasteiger partial charge in [-0.3, -0.25) is 9.59 Å². The molecule has 140 valence electrons. The SMILES string of the molecule is CC(C)CC[C@@]1(C(=O)O)CN(C(=O)c2cccc3cc[nH]c23)CC[C@H]1O. The number of para-hydroxylation sites is 1. The first-order valence-electron chi connectivity index (χ1n) is 9.12. The number of aliphatic carboxylic acids is 1. The third-order valence-electron chi connectivity index (χ3n) is 5.48. The maximum atomic E-state index is 13.1. The molecule has 2 atom stereocenters. The summed E-state index contributed by atoms with van der Waals surface area (Å²) in [5, 5.41) is 21.3. The molecule has 3 N–H and O–H groups in total. The second-order valence-electron chi connectivity index (χ2n) is 7.67. The fourth-order valence-corrected chi connectivity index (χ4v) is 3.80. The summed E-state index contributed by atoms with van der Waals surface area (Å²) in [4.78, 5) is 29.8. The van der Waals surface area contributed by atoms with Crippen molar-refractivity contribution in [3.63, 3.8) is 0 Å². The molecule has 0 saturated carbocycles. The van der Waals surface area contributed by atoms with E-state index in [9.17, 15) is 19.8 Å². The second kappa shape index (κ2) is 7.11.